The molecular weight excluding hydrogens is 358 g/mol. The molecule has 152 valence electrons. The van der Waals surface area contributed by atoms with Crippen LogP contribution < -0.4 is 11.1 Å². The normalized spacial score (nSPS) is 18.3. The van der Waals surface area contributed by atoms with Gasteiger partial charge >= 0.3 is 0 Å². The Kier molecular flexibility index (Phi) is 6.37. The zero-order valence-electron chi connectivity index (χ0n) is 17.0. The average molecular weight is 390 g/mol. The lowest BCUT2D eigenvalue weighted by Gasteiger charge is -2.33. The van der Waals surface area contributed by atoms with Crippen molar-refractivity contribution in [3.8, 4) is 0 Å². The van der Waals surface area contributed by atoms with Gasteiger partial charge in [-0.05, 0) is 68.8 Å². The molecule has 1 aliphatic rings. The first-order valence-corrected chi connectivity index (χ1v) is 10.8. The summed E-state index contributed by atoms with van der Waals surface area (Å²) in [5.74, 6) is 1.25. The third kappa shape index (κ3) is 4.41. The molecule has 0 bridgehead atoms. The van der Waals surface area contributed by atoms with Crippen molar-refractivity contribution < 1.29 is 0 Å². The highest BCUT2D eigenvalue weighted by Gasteiger charge is 2.30. The van der Waals surface area contributed by atoms with E-state index in [9.17, 15) is 0 Å². The van der Waals surface area contributed by atoms with E-state index in [0.29, 0.717) is 6.54 Å². The van der Waals surface area contributed by atoms with Crippen LogP contribution in [-0.4, -0.2) is 27.5 Å². The number of imidazole rings is 1. The lowest BCUT2D eigenvalue weighted by molar-refractivity contribution is 0.325. The number of aromatic nitrogens is 3. The Balaban J connectivity index is 1.64. The zero-order valence-corrected chi connectivity index (χ0v) is 17.0. The van der Waals surface area contributed by atoms with Crippen molar-refractivity contribution >= 4 is 11.0 Å². The van der Waals surface area contributed by atoms with E-state index in [0.717, 1.165) is 49.0 Å². The van der Waals surface area contributed by atoms with Gasteiger partial charge in [-0.2, -0.15) is 0 Å². The molecule has 0 saturated carbocycles. The van der Waals surface area contributed by atoms with Crippen LogP contribution in [-0.2, 0) is 6.42 Å². The van der Waals surface area contributed by atoms with E-state index in [1.165, 1.54) is 17.7 Å². The number of hydrogen-bond acceptors (Lipinski definition) is 4. The van der Waals surface area contributed by atoms with Gasteiger partial charge < -0.3 is 16.0 Å². The highest BCUT2D eigenvalue weighted by Crippen LogP contribution is 2.32. The third-order valence-electron chi connectivity index (χ3n) is 5.99. The summed E-state index contributed by atoms with van der Waals surface area (Å²) < 4.78 is 0. The highest BCUT2D eigenvalue weighted by molar-refractivity contribution is 5.74. The quantitative estimate of drug-likeness (QED) is 0.474. The average Bonchev–Trinajstić information content (AvgIpc) is 3.19. The Morgan fingerprint density at radius 1 is 1.28 bits per heavy atom. The first kappa shape index (κ1) is 19.8. The zero-order chi connectivity index (χ0) is 20.1. The molecule has 29 heavy (non-hydrogen) atoms. The maximum atomic E-state index is 5.88. The van der Waals surface area contributed by atoms with E-state index in [1.54, 1.807) is 0 Å². The van der Waals surface area contributed by atoms with Gasteiger partial charge in [0, 0.05) is 24.2 Å². The molecule has 2 unspecified atom stereocenters. The largest absolute Gasteiger partial charge is 0.342 e. The Hall–Kier alpha value is -2.50. The number of para-hydroxylation sites is 2. The number of pyridine rings is 1. The van der Waals surface area contributed by atoms with Crippen LogP contribution in [0.2, 0.25) is 0 Å². The molecule has 2 aromatic heterocycles. The topological polar surface area (TPSA) is 79.6 Å². The predicted octanol–water partition coefficient (Wildman–Crippen LogP) is 4.39. The second kappa shape index (κ2) is 9.33. The van der Waals surface area contributed by atoms with Gasteiger partial charge in [-0.15, -0.1) is 6.58 Å². The van der Waals surface area contributed by atoms with Crippen LogP contribution in [0.15, 0.2) is 55.3 Å². The summed E-state index contributed by atoms with van der Waals surface area (Å²) in [6.07, 6.45) is 10.2. The van der Waals surface area contributed by atoms with Crippen LogP contribution in [0.1, 0.15) is 61.1 Å². The van der Waals surface area contributed by atoms with E-state index in [4.69, 9.17) is 15.7 Å². The maximum Gasteiger partial charge on any atom is 0.112 e. The molecule has 3 aromatic rings. The Morgan fingerprint density at radius 3 is 3.00 bits per heavy atom. The van der Waals surface area contributed by atoms with Crippen LogP contribution >= 0.6 is 0 Å². The number of H-pyrrole nitrogens is 1. The Bertz CT molecular complexity index is 914. The van der Waals surface area contributed by atoms with E-state index in [-0.39, 0.29) is 18.0 Å². The van der Waals surface area contributed by atoms with E-state index in [2.05, 4.69) is 35.1 Å². The number of nitrogens with two attached hydrogens (primary N) is 1. The molecule has 1 aromatic carbocycles. The molecule has 4 rings (SSSR count). The summed E-state index contributed by atoms with van der Waals surface area (Å²) in [4.78, 5) is 13.2. The number of hydrogen-bond donors (Lipinski definition) is 3. The Morgan fingerprint density at radius 2 is 2.17 bits per heavy atom. The van der Waals surface area contributed by atoms with Crippen LogP contribution in [0.4, 0.5) is 0 Å². The summed E-state index contributed by atoms with van der Waals surface area (Å²) in [7, 11) is 0. The second-order valence-corrected chi connectivity index (χ2v) is 7.97. The Labute approximate surface area is 172 Å². The minimum Gasteiger partial charge on any atom is -0.342 e. The molecule has 5 heteroatoms. The molecule has 1 aliphatic carbocycles. The number of aryl methyl sites for hydroxylation is 1. The number of fused-ring (bicyclic) bond motifs is 2. The van der Waals surface area contributed by atoms with E-state index in [1.807, 2.05) is 30.5 Å². The van der Waals surface area contributed by atoms with Crippen molar-refractivity contribution in [1.29, 1.82) is 0 Å². The first-order chi connectivity index (χ1) is 14.3. The standard InChI is InChI=1S/C24H31N5/c1-2-8-18(24-28-20-11-3-4-12-21(20)29-24)19(14-6-15-25)27-22-13-5-9-17-10-7-16-26-23(17)22/h2-4,7,10-12,16,18-19,22,27H,1,5-6,8-9,13-15,25H2,(H,28,29)/t18?,19?,22-/m0/s1. The van der Waals surface area contributed by atoms with Crippen LogP contribution in [0, 0.1) is 0 Å². The first-order valence-electron chi connectivity index (χ1n) is 10.8. The number of rotatable bonds is 9. The summed E-state index contributed by atoms with van der Waals surface area (Å²) in [5, 5.41) is 3.95. The second-order valence-electron chi connectivity index (χ2n) is 7.97. The number of aromatic amines is 1. The molecule has 0 aliphatic heterocycles. The summed E-state index contributed by atoms with van der Waals surface area (Å²) in [6.45, 7) is 4.71. The molecule has 0 saturated heterocycles. The molecule has 0 amide bonds. The minimum atomic E-state index is 0.223. The molecule has 0 spiro atoms. The van der Waals surface area contributed by atoms with Crippen molar-refractivity contribution in [3.63, 3.8) is 0 Å². The van der Waals surface area contributed by atoms with Gasteiger partial charge in [0.15, 0.2) is 0 Å². The van der Waals surface area contributed by atoms with Crippen molar-refractivity contribution in [2.24, 2.45) is 5.73 Å². The molecule has 2 heterocycles. The highest BCUT2D eigenvalue weighted by atomic mass is 15.0. The van der Waals surface area contributed by atoms with Crippen molar-refractivity contribution in [2.45, 2.75) is 56.5 Å². The van der Waals surface area contributed by atoms with Gasteiger partial charge in [-0.3, -0.25) is 4.98 Å². The van der Waals surface area contributed by atoms with Gasteiger partial charge in [0.1, 0.15) is 5.82 Å². The number of nitrogens with zero attached hydrogens (tertiary/aromatic N) is 2. The fourth-order valence-corrected chi connectivity index (χ4v) is 4.56. The lowest BCUT2D eigenvalue weighted by atomic mass is 9.87. The summed E-state index contributed by atoms with van der Waals surface area (Å²) >= 11 is 0. The van der Waals surface area contributed by atoms with E-state index >= 15 is 0 Å². The van der Waals surface area contributed by atoms with Gasteiger partial charge in [-0.1, -0.05) is 24.3 Å². The minimum absolute atomic E-state index is 0.223. The fourth-order valence-electron chi connectivity index (χ4n) is 4.56. The number of allylic oxidation sites excluding steroid dienone is 1. The van der Waals surface area contributed by atoms with Crippen molar-refractivity contribution in [3.05, 3.63) is 72.3 Å². The van der Waals surface area contributed by atoms with Crippen molar-refractivity contribution in [2.75, 3.05) is 6.54 Å². The van der Waals surface area contributed by atoms with Crippen LogP contribution in [0.5, 0.6) is 0 Å². The molecule has 4 N–H and O–H groups in total. The predicted molar refractivity (Wildman–Crippen MR) is 119 cm³/mol. The molecular formula is C24H31N5. The van der Waals surface area contributed by atoms with Gasteiger partial charge in [-0.25, -0.2) is 4.98 Å². The van der Waals surface area contributed by atoms with Crippen molar-refractivity contribution in [1.82, 2.24) is 20.3 Å². The van der Waals surface area contributed by atoms with Gasteiger partial charge in [0.05, 0.1) is 16.7 Å². The van der Waals surface area contributed by atoms with Crippen LogP contribution in [0.25, 0.3) is 11.0 Å². The molecule has 0 radical (unpaired) electrons. The van der Waals surface area contributed by atoms with Crippen LogP contribution in [0.3, 0.4) is 0 Å². The molecule has 3 atom stereocenters. The third-order valence-corrected chi connectivity index (χ3v) is 5.99. The summed E-state index contributed by atoms with van der Waals surface area (Å²) in [6, 6.07) is 13.0. The monoisotopic (exact) mass is 389 g/mol. The maximum absolute atomic E-state index is 5.88. The number of nitrogens with one attached hydrogen (secondary N) is 2. The molecule has 5 nitrogen and oxygen atoms in total. The van der Waals surface area contributed by atoms with E-state index < -0.39 is 0 Å². The fraction of sp³-hybridized carbons (Fsp3) is 0.417. The summed E-state index contributed by atoms with van der Waals surface area (Å²) in [5.41, 5.74) is 10.6. The molecule has 0 fully saturated rings. The van der Waals surface area contributed by atoms with Gasteiger partial charge in [0.25, 0.3) is 0 Å². The smallest absolute Gasteiger partial charge is 0.112 e. The SMILES string of the molecule is C=CCC(c1nc2ccccc2[nH]1)C(CCCN)N[C@H]1CCCc2cccnc21. The lowest BCUT2D eigenvalue weighted by Crippen LogP contribution is -2.40. The number of benzene rings is 1. The van der Waals surface area contributed by atoms with Gasteiger partial charge in [0.2, 0.25) is 0 Å².